The second-order valence-corrected chi connectivity index (χ2v) is 5.27. The number of nitrogens with zero attached hydrogens (tertiary/aromatic N) is 6. The SMILES string of the molecule is COc1nc(C)c(NC(=O)COc2ccc(-n3cccn3)nn2)c(C)n1. The molecule has 1 amide bonds. The monoisotopic (exact) mass is 355 g/mol. The maximum Gasteiger partial charge on any atom is 0.316 e. The van der Waals surface area contributed by atoms with Gasteiger partial charge in [-0.2, -0.15) is 15.1 Å². The maximum absolute atomic E-state index is 12.1. The van der Waals surface area contributed by atoms with Crippen LogP contribution in [-0.4, -0.2) is 49.6 Å². The van der Waals surface area contributed by atoms with Crippen molar-refractivity contribution >= 4 is 11.6 Å². The number of aromatic nitrogens is 6. The summed E-state index contributed by atoms with van der Waals surface area (Å²) >= 11 is 0. The van der Waals surface area contributed by atoms with Crippen molar-refractivity contribution in [2.75, 3.05) is 19.0 Å². The Bertz CT molecular complexity index is 872. The molecule has 3 heterocycles. The van der Waals surface area contributed by atoms with E-state index in [1.165, 1.54) is 7.11 Å². The fourth-order valence-corrected chi connectivity index (χ4v) is 2.19. The summed E-state index contributed by atoms with van der Waals surface area (Å²) < 4.78 is 11.9. The standard InChI is InChI=1S/C16H17N7O3/c1-10-15(11(2)19-16(18-10)25-3)20-13(24)9-26-14-6-5-12(21-22-14)23-8-4-7-17-23/h4-8H,9H2,1-3H3,(H,20,24). The Morgan fingerprint density at radius 1 is 1.19 bits per heavy atom. The maximum atomic E-state index is 12.1. The highest BCUT2D eigenvalue weighted by Crippen LogP contribution is 2.19. The van der Waals surface area contributed by atoms with Crippen molar-refractivity contribution in [1.82, 2.24) is 29.9 Å². The summed E-state index contributed by atoms with van der Waals surface area (Å²) in [6.45, 7) is 3.29. The minimum absolute atomic E-state index is 0.222. The molecule has 0 aliphatic heterocycles. The number of carbonyl (C=O) groups excluding carboxylic acids is 1. The van der Waals surface area contributed by atoms with E-state index < -0.39 is 0 Å². The molecule has 0 radical (unpaired) electrons. The molecule has 0 bridgehead atoms. The van der Waals surface area contributed by atoms with Gasteiger partial charge in [-0.05, 0) is 26.0 Å². The molecule has 0 atom stereocenters. The lowest BCUT2D eigenvalue weighted by atomic mass is 10.3. The van der Waals surface area contributed by atoms with E-state index in [0.717, 1.165) is 0 Å². The van der Waals surface area contributed by atoms with Gasteiger partial charge < -0.3 is 14.8 Å². The van der Waals surface area contributed by atoms with Crippen LogP contribution in [0, 0.1) is 13.8 Å². The van der Waals surface area contributed by atoms with E-state index in [1.54, 1.807) is 49.1 Å². The van der Waals surface area contributed by atoms with Crippen LogP contribution in [0.3, 0.4) is 0 Å². The van der Waals surface area contributed by atoms with Crippen molar-refractivity contribution in [3.63, 3.8) is 0 Å². The molecule has 0 saturated carbocycles. The number of amides is 1. The van der Waals surface area contributed by atoms with Gasteiger partial charge in [-0.15, -0.1) is 10.2 Å². The number of carbonyl (C=O) groups is 1. The van der Waals surface area contributed by atoms with Crippen LogP contribution in [0.2, 0.25) is 0 Å². The van der Waals surface area contributed by atoms with Gasteiger partial charge in [0.1, 0.15) is 0 Å². The molecule has 0 aliphatic rings. The van der Waals surface area contributed by atoms with Crippen LogP contribution in [0.4, 0.5) is 5.69 Å². The Labute approximate surface area is 149 Å². The molecule has 134 valence electrons. The summed E-state index contributed by atoms with van der Waals surface area (Å²) in [4.78, 5) is 20.4. The number of hydrogen-bond acceptors (Lipinski definition) is 8. The summed E-state index contributed by atoms with van der Waals surface area (Å²) in [5.74, 6) is 0.423. The molecule has 0 saturated heterocycles. The molecule has 3 aromatic rings. The van der Waals surface area contributed by atoms with Gasteiger partial charge in [-0.3, -0.25) is 4.79 Å². The van der Waals surface area contributed by atoms with Gasteiger partial charge in [0.2, 0.25) is 5.88 Å². The third-order valence-electron chi connectivity index (χ3n) is 3.41. The van der Waals surface area contributed by atoms with Crippen LogP contribution < -0.4 is 14.8 Å². The summed E-state index contributed by atoms with van der Waals surface area (Å²) in [6.07, 6.45) is 3.39. The molecule has 3 aromatic heterocycles. The molecular formula is C16H17N7O3. The van der Waals surface area contributed by atoms with Gasteiger partial charge in [-0.25, -0.2) is 4.68 Å². The topological polar surface area (TPSA) is 117 Å². The lowest BCUT2D eigenvalue weighted by molar-refractivity contribution is -0.118. The van der Waals surface area contributed by atoms with Gasteiger partial charge >= 0.3 is 6.01 Å². The number of anilines is 1. The van der Waals surface area contributed by atoms with Crippen molar-refractivity contribution in [3.8, 4) is 17.7 Å². The number of hydrogen-bond donors (Lipinski definition) is 1. The van der Waals surface area contributed by atoms with Gasteiger partial charge in [0.05, 0.1) is 24.2 Å². The van der Waals surface area contributed by atoms with Crippen LogP contribution >= 0.6 is 0 Å². The zero-order chi connectivity index (χ0) is 18.5. The summed E-state index contributed by atoms with van der Waals surface area (Å²) in [6, 6.07) is 5.34. The smallest absolute Gasteiger partial charge is 0.316 e. The molecule has 26 heavy (non-hydrogen) atoms. The first kappa shape index (κ1) is 17.3. The predicted molar refractivity (Wildman–Crippen MR) is 91.3 cm³/mol. The Kier molecular flexibility index (Phi) is 5.02. The molecule has 0 spiro atoms. The fraction of sp³-hybridized carbons (Fsp3) is 0.250. The Morgan fingerprint density at radius 2 is 1.96 bits per heavy atom. The average molecular weight is 355 g/mol. The normalized spacial score (nSPS) is 10.4. The molecule has 10 heteroatoms. The minimum Gasteiger partial charge on any atom is -0.467 e. The van der Waals surface area contributed by atoms with E-state index in [1.807, 2.05) is 0 Å². The third kappa shape index (κ3) is 3.91. The van der Waals surface area contributed by atoms with E-state index in [2.05, 4.69) is 30.6 Å². The lowest BCUT2D eigenvalue weighted by Gasteiger charge is -2.11. The van der Waals surface area contributed by atoms with Crippen LogP contribution in [0.1, 0.15) is 11.4 Å². The second kappa shape index (κ2) is 7.55. The molecule has 10 nitrogen and oxygen atoms in total. The summed E-state index contributed by atoms with van der Waals surface area (Å²) in [7, 11) is 1.49. The highest BCUT2D eigenvalue weighted by molar-refractivity contribution is 5.92. The van der Waals surface area contributed by atoms with Crippen LogP contribution in [0.25, 0.3) is 5.82 Å². The minimum atomic E-state index is -0.358. The van der Waals surface area contributed by atoms with E-state index in [-0.39, 0.29) is 24.4 Å². The van der Waals surface area contributed by atoms with Crippen LogP contribution in [0.15, 0.2) is 30.6 Å². The number of nitrogens with one attached hydrogen (secondary N) is 1. The summed E-state index contributed by atoms with van der Waals surface area (Å²) in [5.41, 5.74) is 1.73. The number of ether oxygens (including phenoxy) is 2. The predicted octanol–water partition coefficient (Wildman–Crippen LogP) is 1.10. The highest BCUT2D eigenvalue weighted by atomic mass is 16.5. The average Bonchev–Trinajstić information content (AvgIpc) is 3.18. The summed E-state index contributed by atoms with van der Waals surface area (Å²) in [5, 5.41) is 14.7. The Morgan fingerprint density at radius 3 is 2.54 bits per heavy atom. The quantitative estimate of drug-likeness (QED) is 0.698. The number of aryl methyl sites for hydroxylation is 2. The van der Waals surface area contributed by atoms with Crippen molar-refractivity contribution in [1.29, 1.82) is 0 Å². The molecule has 0 fully saturated rings. The largest absolute Gasteiger partial charge is 0.467 e. The first-order valence-corrected chi connectivity index (χ1v) is 7.72. The zero-order valence-corrected chi connectivity index (χ0v) is 14.5. The first-order valence-electron chi connectivity index (χ1n) is 7.72. The Balaban J connectivity index is 1.59. The molecule has 0 aromatic carbocycles. The number of methoxy groups -OCH3 is 1. The van der Waals surface area contributed by atoms with Crippen LogP contribution in [0.5, 0.6) is 11.9 Å². The van der Waals surface area contributed by atoms with Gasteiger partial charge in [0, 0.05) is 18.5 Å². The fourth-order valence-electron chi connectivity index (χ4n) is 2.19. The van der Waals surface area contributed by atoms with Crippen molar-refractivity contribution < 1.29 is 14.3 Å². The Hall–Kier alpha value is -3.56. The molecular weight excluding hydrogens is 338 g/mol. The van der Waals surface area contributed by atoms with E-state index in [4.69, 9.17) is 9.47 Å². The van der Waals surface area contributed by atoms with E-state index in [0.29, 0.717) is 22.9 Å². The van der Waals surface area contributed by atoms with Crippen molar-refractivity contribution in [2.45, 2.75) is 13.8 Å². The molecule has 0 unspecified atom stereocenters. The van der Waals surface area contributed by atoms with Crippen molar-refractivity contribution in [2.24, 2.45) is 0 Å². The highest BCUT2D eigenvalue weighted by Gasteiger charge is 2.13. The van der Waals surface area contributed by atoms with E-state index in [9.17, 15) is 4.79 Å². The third-order valence-corrected chi connectivity index (χ3v) is 3.41. The molecule has 1 N–H and O–H groups in total. The first-order chi connectivity index (χ1) is 12.6. The van der Waals surface area contributed by atoms with Crippen molar-refractivity contribution in [3.05, 3.63) is 42.0 Å². The van der Waals surface area contributed by atoms with Gasteiger partial charge in [0.25, 0.3) is 5.91 Å². The zero-order valence-electron chi connectivity index (χ0n) is 14.5. The lowest BCUT2D eigenvalue weighted by Crippen LogP contribution is -2.22. The van der Waals surface area contributed by atoms with Gasteiger partial charge in [0.15, 0.2) is 12.4 Å². The molecule has 0 aliphatic carbocycles. The molecule has 3 rings (SSSR count). The second-order valence-electron chi connectivity index (χ2n) is 5.27. The van der Waals surface area contributed by atoms with Gasteiger partial charge in [-0.1, -0.05) is 0 Å². The van der Waals surface area contributed by atoms with E-state index >= 15 is 0 Å². The number of rotatable bonds is 6. The van der Waals surface area contributed by atoms with Crippen LogP contribution in [-0.2, 0) is 4.79 Å².